The fraction of sp³-hybridized carbons (Fsp3) is 0.286. The molecule has 0 saturated carbocycles. The third kappa shape index (κ3) is 2.62. The van der Waals surface area contributed by atoms with Gasteiger partial charge in [-0.2, -0.15) is 0 Å². The van der Waals surface area contributed by atoms with Crippen LogP contribution < -0.4 is 14.4 Å². The molecule has 1 saturated heterocycles. The van der Waals surface area contributed by atoms with Gasteiger partial charge in [0.1, 0.15) is 11.6 Å². The molecule has 144 valence electrons. The second kappa shape index (κ2) is 6.67. The van der Waals surface area contributed by atoms with Gasteiger partial charge in [0.25, 0.3) is 5.91 Å². The van der Waals surface area contributed by atoms with Gasteiger partial charge in [-0.3, -0.25) is 9.59 Å². The molecule has 2 amide bonds. The Hall–Kier alpha value is -3.35. The minimum Gasteiger partial charge on any atom is -0.493 e. The lowest BCUT2D eigenvalue weighted by molar-refractivity contribution is -0.126. The summed E-state index contributed by atoms with van der Waals surface area (Å²) in [5.74, 6) is -0.650. The highest BCUT2D eigenvalue weighted by Crippen LogP contribution is 2.40. The van der Waals surface area contributed by atoms with Gasteiger partial charge in [0.2, 0.25) is 12.0 Å². The van der Waals surface area contributed by atoms with E-state index in [1.54, 1.807) is 18.2 Å². The van der Waals surface area contributed by atoms with Crippen LogP contribution in [0, 0.1) is 19.8 Å². The highest BCUT2D eigenvalue weighted by molar-refractivity contribution is 6.32. The Labute approximate surface area is 162 Å². The van der Waals surface area contributed by atoms with Crippen molar-refractivity contribution in [1.82, 2.24) is 0 Å². The summed E-state index contributed by atoms with van der Waals surface area (Å²) in [6, 6.07) is 10.9. The third-order valence-corrected chi connectivity index (χ3v) is 4.96. The Morgan fingerprint density at radius 2 is 1.71 bits per heavy atom. The molecular weight excluding hydrogens is 360 g/mol. The quantitative estimate of drug-likeness (QED) is 0.762. The monoisotopic (exact) mass is 380 g/mol. The molecule has 2 heterocycles. The summed E-state index contributed by atoms with van der Waals surface area (Å²) in [7, 11) is 3.04. The number of para-hydroxylation sites is 1. The summed E-state index contributed by atoms with van der Waals surface area (Å²) in [5, 5.41) is 4.05. The topological polar surface area (TPSA) is 77.4 Å². The highest BCUT2D eigenvalue weighted by atomic mass is 16.7. The van der Waals surface area contributed by atoms with Crippen LogP contribution in [-0.2, 0) is 14.4 Å². The molecule has 0 N–H and O–H groups in total. The predicted molar refractivity (Wildman–Crippen MR) is 103 cm³/mol. The summed E-state index contributed by atoms with van der Waals surface area (Å²) < 4.78 is 10.8. The molecule has 0 radical (unpaired) electrons. The molecule has 2 aromatic rings. The lowest BCUT2D eigenvalue weighted by Gasteiger charge is -2.17. The van der Waals surface area contributed by atoms with Gasteiger partial charge in [0.15, 0.2) is 11.5 Å². The molecule has 1 fully saturated rings. The first-order chi connectivity index (χ1) is 13.5. The van der Waals surface area contributed by atoms with Crippen LogP contribution in [0.4, 0.5) is 5.69 Å². The first kappa shape index (κ1) is 18.0. The molecule has 7 heteroatoms. The Balaban J connectivity index is 1.76. The van der Waals surface area contributed by atoms with Crippen LogP contribution in [0.5, 0.6) is 11.5 Å². The molecule has 4 rings (SSSR count). The van der Waals surface area contributed by atoms with Crippen molar-refractivity contribution in [2.45, 2.75) is 20.0 Å². The number of carbonyl (C=O) groups excluding carboxylic acids is 2. The second-order valence-corrected chi connectivity index (χ2v) is 6.88. The van der Waals surface area contributed by atoms with Crippen LogP contribution in [0.1, 0.15) is 16.7 Å². The van der Waals surface area contributed by atoms with E-state index in [0.717, 1.165) is 11.1 Å². The van der Waals surface area contributed by atoms with Crippen molar-refractivity contribution in [3.8, 4) is 11.5 Å². The lowest BCUT2D eigenvalue weighted by atomic mass is 9.93. The predicted octanol–water partition coefficient (Wildman–Crippen LogP) is 2.61. The normalized spacial score (nSPS) is 20.7. The molecule has 2 aromatic carbocycles. The minimum atomic E-state index is -0.973. The van der Waals surface area contributed by atoms with Crippen LogP contribution >= 0.6 is 0 Å². The van der Waals surface area contributed by atoms with E-state index >= 15 is 0 Å². The van der Waals surface area contributed by atoms with Crippen LogP contribution in [0.15, 0.2) is 41.6 Å². The van der Waals surface area contributed by atoms with Crippen LogP contribution in [-0.4, -0.2) is 37.8 Å². The number of benzene rings is 2. The van der Waals surface area contributed by atoms with Crippen LogP contribution in [0.2, 0.25) is 0 Å². The molecule has 0 unspecified atom stereocenters. The van der Waals surface area contributed by atoms with E-state index in [-0.39, 0.29) is 5.91 Å². The Morgan fingerprint density at radius 3 is 2.36 bits per heavy atom. The number of ether oxygens (including phenoxy) is 2. The second-order valence-electron chi connectivity index (χ2n) is 6.88. The van der Waals surface area contributed by atoms with Gasteiger partial charge < -0.3 is 14.3 Å². The first-order valence-corrected chi connectivity index (χ1v) is 8.87. The summed E-state index contributed by atoms with van der Waals surface area (Å²) in [5.41, 5.74) is 3.42. The lowest BCUT2D eigenvalue weighted by Crippen LogP contribution is -2.33. The molecule has 7 nitrogen and oxygen atoms in total. The number of rotatable bonds is 4. The van der Waals surface area contributed by atoms with Gasteiger partial charge >= 0.3 is 0 Å². The number of carbonyl (C=O) groups is 2. The number of aryl methyl sites for hydroxylation is 2. The third-order valence-electron chi connectivity index (χ3n) is 4.96. The Bertz CT molecular complexity index is 994. The molecule has 2 aliphatic heterocycles. The van der Waals surface area contributed by atoms with Crippen molar-refractivity contribution < 1.29 is 23.9 Å². The summed E-state index contributed by atoms with van der Waals surface area (Å²) in [6.07, 6.45) is -0.973. The van der Waals surface area contributed by atoms with Gasteiger partial charge in [0.05, 0.1) is 19.9 Å². The average molecular weight is 380 g/mol. The van der Waals surface area contributed by atoms with E-state index in [9.17, 15) is 9.59 Å². The molecule has 0 aliphatic carbocycles. The van der Waals surface area contributed by atoms with Gasteiger partial charge in [-0.25, -0.2) is 4.90 Å². The van der Waals surface area contributed by atoms with Crippen LogP contribution in [0.3, 0.4) is 0 Å². The van der Waals surface area contributed by atoms with E-state index in [1.165, 1.54) is 19.1 Å². The fourth-order valence-electron chi connectivity index (χ4n) is 3.82. The number of nitrogens with zero attached hydrogens (tertiary/aromatic N) is 2. The maximum Gasteiger partial charge on any atom is 0.278 e. The maximum absolute atomic E-state index is 13.2. The zero-order valence-electron chi connectivity index (χ0n) is 16.1. The molecule has 28 heavy (non-hydrogen) atoms. The smallest absolute Gasteiger partial charge is 0.278 e. The number of imide groups is 1. The van der Waals surface area contributed by atoms with Crippen molar-refractivity contribution in [3.63, 3.8) is 0 Å². The SMILES string of the molecule is COc1cccc(C2=NO[C@H]3C(=O)N(c4cc(C)cc(C)c4)C(=O)[C@H]23)c1OC. The number of anilines is 1. The largest absolute Gasteiger partial charge is 0.493 e. The number of methoxy groups -OCH3 is 2. The van der Waals surface area contributed by atoms with E-state index < -0.39 is 17.9 Å². The van der Waals surface area contributed by atoms with Crippen molar-refractivity contribution in [2.24, 2.45) is 11.1 Å². The fourth-order valence-corrected chi connectivity index (χ4v) is 3.82. The van der Waals surface area contributed by atoms with Crippen molar-refractivity contribution >= 4 is 23.2 Å². The number of oxime groups is 1. The van der Waals surface area contributed by atoms with Crippen LogP contribution in [0.25, 0.3) is 0 Å². The van der Waals surface area contributed by atoms with E-state index in [2.05, 4.69) is 5.16 Å². The summed E-state index contributed by atoms with van der Waals surface area (Å²) >= 11 is 0. The summed E-state index contributed by atoms with van der Waals surface area (Å²) in [4.78, 5) is 32.7. The molecule has 2 atom stereocenters. The molecule has 0 bridgehead atoms. The van der Waals surface area contributed by atoms with Crippen molar-refractivity contribution in [2.75, 3.05) is 19.1 Å². The van der Waals surface area contributed by atoms with Gasteiger partial charge in [-0.15, -0.1) is 0 Å². The minimum absolute atomic E-state index is 0.360. The van der Waals surface area contributed by atoms with E-state index in [1.807, 2.05) is 32.0 Å². The van der Waals surface area contributed by atoms with E-state index in [0.29, 0.717) is 28.5 Å². The molecule has 0 aromatic heterocycles. The maximum atomic E-state index is 13.2. The average Bonchev–Trinajstić information content (AvgIpc) is 3.20. The van der Waals surface area contributed by atoms with Gasteiger partial charge in [-0.1, -0.05) is 17.3 Å². The molecule has 2 aliphatic rings. The zero-order chi connectivity index (χ0) is 20.0. The van der Waals surface area contributed by atoms with Gasteiger partial charge in [0, 0.05) is 5.56 Å². The highest BCUT2D eigenvalue weighted by Gasteiger charge is 2.56. The number of fused-ring (bicyclic) bond motifs is 1. The zero-order valence-corrected chi connectivity index (χ0v) is 16.1. The van der Waals surface area contributed by atoms with E-state index in [4.69, 9.17) is 14.3 Å². The Kier molecular flexibility index (Phi) is 4.30. The standard InChI is InChI=1S/C21H20N2O5/c1-11-8-12(2)10-13(9-11)23-20(24)16-17(22-28-19(16)21(23)25)14-6-5-7-15(26-3)18(14)27-4/h5-10,16,19H,1-4H3/t16-,19-/m1/s1. The number of hydrogen-bond acceptors (Lipinski definition) is 6. The Morgan fingerprint density at radius 1 is 1.00 bits per heavy atom. The molecule has 0 spiro atoms. The van der Waals surface area contributed by atoms with Gasteiger partial charge in [-0.05, 0) is 49.2 Å². The summed E-state index contributed by atoms with van der Waals surface area (Å²) in [6.45, 7) is 3.85. The molecular formula is C21H20N2O5. The van der Waals surface area contributed by atoms with Crippen molar-refractivity contribution in [3.05, 3.63) is 53.1 Å². The first-order valence-electron chi connectivity index (χ1n) is 8.87. The van der Waals surface area contributed by atoms with Crippen molar-refractivity contribution in [1.29, 1.82) is 0 Å². The number of amides is 2. The number of hydrogen-bond donors (Lipinski definition) is 0.